The number of nitro benzene ring substituents is 1. The van der Waals surface area contributed by atoms with E-state index in [1.165, 1.54) is 24.3 Å². The molecule has 2 unspecified atom stereocenters. The fourth-order valence-electron chi connectivity index (χ4n) is 6.07. The van der Waals surface area contributed by atoms with Crippen molar-refractivity contribution in [3.05, 3.63) is 115 Å². The summed E-state index contributed by atoms with van der Waals surface area (Å²) in [6, 6.07) is 23.8. The molecule has 3 amide bonds. The maximum atomic E-state index is 14.0. The zero-order valence-electron chi connectivity index (χ0n) is 25.2. The van der Waals surface area contributed by atoms with Crippen LogP contribution in [0.5, 0.6) is 11.5 Å². The van der Waals surface area contributed by atoms with Gasteiger partial charge < -0.3 is 19.8 Å². The van der Waals surface area contributed by atoms with E-state index in [1.807, 2.05) is 42.5 Å². The number of ether oxygens (including phenoxy) is 2. The van der Waals surface area contributed by atoms with Crippen molar-refractivity contribution in [2.75, 3.05) is 23.4 Å². The molecule has 48 heavy (non-hydrogen) atoms. The molecule has 3 heterocycles. The number of nitrogens with zero attached hydrogens (tertiary/aromatic N) is 2. The highest BCUT2D eigenvalue weighted by Crippen LogP contribution is 2.54. The lowest BCUT2D eigenvalue weighted by Gasteiger charge is -2.30. The van der Waals surface area contributed by atoms with Crippen LogP contribution >= 0.6 is 23.1 Å². The van der Waals surface area contributed by atoms with Gasteiger partial charge in [0.15, 0.2) is 18.1 Å². The molecule has 0 radical (unpaired) electrons. The van der Waals surface area contributed by atoms with Crippen molar-refractivity contribution in [3.8, 4) is 11.5 Å². The number of nitro groups is 1. The maximum Gasteiger partial charge on any atom is 0.305 e. The van der Waals surface area contributed by atoms with Gasteiger partial charge in [-0.05, 0) is 59.7 Å². The van der Waals surface area contributed by atoms with Gasteiger partial charge in [0.25, 0.3) is 11.6 Å². The Morgan fingerprint density at radius 3 is 2.46 bits per heavy atom. The lowest BCUT2D eigenvalue weighted by atomic mass is 9.83. The molecular weight excluding hydrogens is 657 g/mol. The van der Waals surface area contributed by atoms with Crippen molar-refractivity contribution in [2.24, 2.45) is 5.92 Å². The third kappa shape index (κ3) is 5.69. The lowest BCUT2D eigenvalue weighted by Crippen LogP contribution is -2.32. The standard InChI is InChI=1S/C34H26N4O8S2/c1-2-45-25-16-20(8-14-24(25)46-17-26(39)35-21-9-7-18-5-3-4-6-19(18)15-21)27-28-30(47-31-29(27)48-34(42)36-31)33(41)37(32(28)40)22-10-12-23(13-11-22)38(43)44/h3-16,27-28,30H,2,17H2,1H3,(H,35,39)(H,36,42)/t27-,28?,30?/m1/s1. The van der Waals surface area contributed by atoms with Crippen LogP contribution in [0.4, 0.5) is 17.1 Å². The number of carbonyl (C=O) groups excluding carboxylic acids is 3. The quantitative estimate of drug-likeness (QED) is 0.113. The number of thiazole rings is 1. The van der Waals surface area contributed by atoms with Gasteiger partial charge in [-0.2, -0.15) is 0 Å². The molecule has 0 bridgehead atoms. The van der Waals surface area contributed by atoms with E-state index in [0.29, 0.717) is 32.7 Å². The largest absolute Gasteiger partial charge is 0.490 e. The molecule has 0 aliphatic carbocycles. The Bertz CT molecular complexity index is 2160. The molecule has 2 N–H and O–H groups in total. The summed E-state index contributed by atoms with van der Waals surface area (Å²) in [5.41, 5.74) is 1.30. The van der Waals surface area contributed by atoms with E-state index < -0.39 is 33.8 Å². The molecule has 1 fully saturated rings. The zero-order chi connectivity index (χ0) is 33.5. The second kappa shape index (κ2) is 12.6. The number of H-pyrrole nitrogens is 1. The van der Waals surface area contributed by atoms with Gasteiger partial charge in [-0.15, -0.1) is 0 Å². The molecule has 7 rings (SSSR count). The Hall–Kier alpha value is -5.47. The topological polar surface area (TPSA) is 161 Å². The predicted molar refractivity (Wildman–Crippen MR) is 181 cm³/mol. The predicted octanol–water partition coefficient (Wildman–Crippen LogP) is 5.71. The number of carbonyl (C=O) groups is 3. The molecule has 0 spiro atoms. The van der Waals surface area contributed by atoms with E-state index in [1.54, 1.807) is 25.1 Å². The normalized spacial score (nSPS) is 18.4. The van der Waals surface area contributed by atoms with Crippen LogP contribution in [0.25, 0.3) is 10.8 Å². The number of hydrogen-bond acceptors (Lipinski definition) is 10. The molecule has 5 aromatic rings. The van der Waals surface area contributed by atoms with Crippen LogP contribution in [-0.2, 0) is 14.4 Å². The third-order valence-corrected chi connectivity index (χ3v) is 10.6. The first-order chi connectivity index (χ1) is 23.2. The summed E-state index contributed by atoms with van der Waals surface area (Å²) in [5.74, 6) is -2.24. The van der Waals surface area contributed by atoms with Gasteiger partial charge >= 0.3 is 4.87 Å². The lowest BCUT2D eigenvalue weighted by molar-refractivity contribution is -0.384. The van der Waals surface area contributed by atoms with Gasteiger partial charge in [-0.3, -0.25) is 29.3 Å². The maximum absolute atomic E-state index is 14.0. The van der Waals surface area contributed by atoms with Crippen molar-refractivity contribution in [3.63, 3.8) is 0 Å². The molecule has 4 aromatic carbocycles. The Morgan fingerprint density at radius 2 is 1.71 bits per heavy atom. The molecule has 14 heteroatoms. The van der Waals surface area contributed by atoms with Crippen molar-refractivity contribution in [1.29, 1.82) is 0 Å². The Morgan fingerprint density at radius 1 is 0.938 bits per heavy atom. The average molecular weight is 683 g/mol. The highest BCUT2D eigenvalue weighted by Gasteiger charge is 2.56. The summed E-state index contributed by atoms with van der Waals surface area (Å²) in [5, 5.41) is 15.7. The fraction of sp³-hybridized carbons (Fsp3) is 0.176. The number of amides is 3. The van der Waals surface area contributed by atoms with Crippen LogP contribution < -0.4 is 24.6 Å². The first-order valence-electron chi connectivity index (χ1n) is 14.9. The van der Waals surface area contributed by atoms with E-state index in [2.05, 4.69) is 10.3 Å². The highest BCUT2D eigenvalue weighted by molar-refractivity contribution is 8.00. The minimum atomic E-state index is -0.870. The van der Waals surface area contributed by atoms with Crippen LogP contribution in [0.3, 0.4) is 0 Å². The second-order valence-electron chi connectivity index (χ2n) is 11.1. The van der Waals surface area contributed by atoms with Crippen LogP contribution in [-0.4, -0.2) is 46.1 Å². The highest BCUT2D eigenvalue weighted by atomic mass is 32.2. The van der Waals surface area contributed by atoms with Gasteiger partial charge in [-0.25, -0.2) is 4.90 Å². The summed E-state index contributed by atoms with van der Waals surface area (Å²) < 4.78 is 11.8. The van der Waals surface area contributed by atoms with Crippen LogP contribution in [0, 0.1) is 16.0 Å². The van der Waals surface area contributed by atoms with Gasteiger partial charge in [-0.1, -0.05) is 59.5 Å². The molecular formula is C34H26N4O8S2. The first kappa shape index (κ1) is 31.1. The Kier molecular flexibility index (Phi) is 8.19. The van der Waals surface area contributed by atoms with Gasteiger partial charge in [0, 0.05) is 28.6 Å². The number of aromatic nitrogens is 1. The molecule has 12 nitrogen and oxygen atoms in total. The van der Waals surface area contributed by atoms with E-state index in [9.17, 15) is 29.3 Å². The average Bonchev–Trinajstić information content (AvgIpc) is 3.57. The van der Waals surface area contributed by atoms with Crippen LogP contribution in [0.1, 0.15) is 23.3 Å². The molecule has 3 atom stereocenters. The Labute approximate surface area is 280 Å². The van der Waals surface area contributed by atoms with E-state index in [0.717, 1.165) is 38.8 Å². The number of hydrogen-bond donors (Lipinski definition) is 2. The molecule has 0 saturated carbocycles. The summed E-state index contributed by atoms with van der Waals surface area (Å²) >= 11 is 2.10. The Balaban J connectivity index is 1.16. The summed E-state index contributed by atoms with van der Waals surface area (Å²) in [6.07, 6.45) is 0. The number of nitrogens with one attached hydrogen (secondary N) is 2. The van der Waals surface area contributed by atoms with Crippen molar-refractivity contribution >= 4 is 68.7 Å². The second-order valence-corrected chi connectivity index (χ2v) is 13.2. The zero-order valence-corrected chi connectivity index (χ0v) is 26.8. The monoisotopic (exact) mass is 682 g/mol. The summed E-state index contributed by atoms with van der Waals surface area (Å²) in [7, 11) is 0. The van der Waals surface area contributed by atoms with Gasteiger partial charge in [0.2, 0.25) is 11.8 Å². The number of fused-ring (bicyclic) bond motifs is 3. The number of rotatable bonds is 9. The number of imide groups is 1. The third-order valence-electron chi connectivity index (χ3n) is 8.16. The minimum absolute atomic E-state index is 0.167. The molecule has 2 aliphatic heterocycles. The number of anilines is 2. The number of thioether (sulfide) groups is 1. The molecule has 1 aromatic heterocycles. The summed E-state index contributed by atoms with van der Waals surface area (Å²) in [4.78, 5) is 67.8. The van der Waals surface area contributed by atoms with Crippen molar-refractivity contribution in [1.82, 2.24) is 4.98 Å². The van der Waals surface area contributed by atoms with E-state index in [4.69, 9.17) is 9.47 Å². The number of aromatic amines is 1. The van der Waals surface area contributed by atoms with Crippen LogP contribution in [0.15, 0.2) is 94.7 Å². The van der Waals surface area contributed by atoms with E-state index in [-0.39, 0.29) is 35.4 Å². The summed E-state index contributed by atoms with van der Waals surface area (Å²) in [6.45, 7) is 1.79. The molecule has 242 valence electrons. The fourth-order valence-corrected chi connectivity index (χ4v) is 8.58. The van der Waals surface area contributed by atoms with Gasteiger partial charge in [0.1, 0.15) is 5.25 Å². The molecule has 2 aliphatic rings. The van der Waals surface area contributed by atoms with E-state index >= 15 is 0 Å². The first-order valence-corrected chi connectivity index (χ1v) is 16.6. The van der Waals surface area contributed by atoms with Crippen molar-refractivity contribution in [2.45, 2.75) is 23.1 Å². The van der Waals surface area contributed by atoms with Gasteiger partial charge in [0.05, 0.1) is 28.2 Å². The minimum Gasteiger partial charge on any atom is -0.490 e. The van der Waals surface area contributed by atoms with Crippen LogP contribution in [0.2, 0.25) is 0 Å². The smallest absolute Gasteiger partial charge is 0.305 e. The SMILES string of the molecule is CCOc1cc([C@H]2c3sc(=O)[nH]c3SC3C(=O)N(c4ccc([N+](=O)[O-])cc4)C(=O)C32)ccc1OCC(=O)Nc1ccc2ccccc2c1. The van der Waals surface area contributed by atoms with Crippen molar-refractivity contribution < 1.29 is 28.8 Å². The number of benzene rings is 4. The number of non-ortho nitro benzene ring substituents is 1. The molecule has 1 saturated heterocycles.